The molecule has 0 bridgehead atoms. The predicted molar refractivity (Wildman–Crippen MR) is 209 cm³/mol. The molecule has 0 radical (unpaired) electrons. The van der Waals surface area contributed by atoms with Crippen molar-refractivity contribution in [3.63, 3.8) is 0 Å². The molecule has 9 rings (SSSR count). The number of carbonyl (C=O) groups excluding carboxylic acids is 3. The Bertz CT molecular complexity index is 2260. The number of imide groups is 1. The lowest BCUT2D eigenvalue weighted by molar-refractivity contribution is -0.136. The van der Waals surface area contributed by atoms with Gasteiger partial charge in [-0.15, -0.1) is 0 Å². The van der Waals surface area contributed by atoms with Crippen LogP contribution >= 0.6 is 0 Å². The Balaban J connectivity index is 0.774. The molecule has 4 saturated heterocycles. The summed E-state index contributed by atoms with van der Waals surface area (Å²) in [4.78, 5) is 66.1. The van der Waals surface area contributed by atoms with Crippen LogP contribution in [0.2, 0.25) is 0 Å². The number of aromatic amines is 1. The second kappa shape index (κ2) is 14.2. The number of benzene rings is 2. The quantitative estimate of drug-likeness (QED) is 0.229. The standard InChI is InChI=1S/C42H47N7O7/c1-54-35-12-27(31-16-44-39(51)32-17-43-38(56-3)15-30(31)32)13-36(55-2)33(35)22-47-19-25(20-47)18-46-10-8-42(9-11-46)23-48(24-42)28-5-4-26-21-49(41(53)29(26)14-28)34-6-7-37(50)45-40(34)52/h4-5,12-17,25,34H,6-11,18-24H2,1-3H3,(H,44,51)(H,45,50,52). The van der Waals surface area contributed by atoms with Gasteiger partial charge in [-0.1, -0.05) is 6.07 Å². The van der Waals surface area contributed by atoms with Crippen molar-refractivity contribution < 1.29 is 28.6 Å². The topological polar surface area (TPSA) is 150 Å². The summed E-state index contributed by atoms with van der Waals surface area (Å²) < 4.78 is 17.2. The first-order chi connectivity index (χ1) is 27.1. The lowest BCUT2D eigenvalue weighted by Crippen LogP contribution is -2.61. The van der Waals surface area contributed by atoms with Crippen LogP contribution in [0.5, 0.6) is 17.4 Å². The van der Waals surface area contributed by atoms with E-state index in [4.69, 9.17) is 14.2 Å². The summed E-state index contributed by atoms with van der Waals surface area (Å²) in [5.74, 6) is 1.74. The van der Waals surface area contributed by atoms with E-state index >= 15 is 0 Å². The predicted octanol–water partition coefficient (Wildman–Crippen LogP) is 3.41. The van der Waals surface area contributed by atoms with Crippen LogP contribution in [-0.4, -0.2) is 116 Å². The molecule has 292 valence electrons. The number of hydrogen-bond acceptors (Lipinski definition) is 11. The van der Waals surface area contributed by atoms with Gasteiger partial charge >= 0.3 is 0 Å². The summed E-state index contributed by atoms with van der Waals surface area (Å²) in [5.41, 5.74) is 5.46. The molecule has 7 heterocycles. The zero-order valence-corrected chi connectivity index (χ0v) is 32.1. The fourth-order valence-electron chi connectivity index (χ4n) is 9.50. The molecule has 4 aromatic rings. The molecule has 1 spiro atoms. The van der Waals surface area contributed by atoms with Crippen LogP contribution in [0, 0.1) is 11.3 Å². The Kier molecular flexibility index (Phi) is 9.20. The Morgan fingerprint density at radius 2 is 1.62 bits per heavy atom. The van der Waals surface area contributed by atoms with Crippen molar-refractivity contribution in [1.82, 2.24) is 30.0 Å². The van der Waals surface area contributed by atoms with E-state index in [1.54, 1.807) is 38.5 Å². The third kappa shape index (κ3) is 6.43. The van der Waals surface area contributed by atoms with Crippen molar-refractivity contribution in [2.24, 2.45) is 11.3 Å². The van der Waals surface area contributed by atoms with Gasteiger partial charge in [0.2, 0.25) is 17.7 Å². The SMILES string of the molecule is COc1cc2c(-c3cc(OC)c(CN4CC(CN5CCC6(CC5)CN(c5ccc7c(c5)C(=O)N(C5CCC(=O)NC5=O)C7)C6)C4)c(OC)c3)c[nH]c(=O)c2cn1. The molecular formula is C42H47N7O7. The third-order valence-corrected chi connectivity index (χ3v) is 12.7. The highest BCUT2D eigenvalue weighted by molar-refractivity contribution is 6.05. The summed E-state index contributed by atoms with van der Waals surface area (Å²) >= 11 is 0. The first-order valence-electron chi connectivity index (χ1n) is 19.4. The largest absolute Gasteiger partial charge is 0.496 e. The fraction of sp³-hybridized carbons (Fsp3) is 0.452. The van der Waals surface area contributed by atoms with Gasteiger partial charge in [0.1, 0.15) is 17.5 Å². The Hall–Kier alpha value is -5.47. The van der Waals surface area contributed by atoms with Gasteiger partial charge in [-0.2, -0.15) is 0 Å². The van der Waals surface area contributed by atoms with Crippen molar-refractivity contribution in [2.75, 3.05) is 72.0 Å². The number of methoxy groups -OCH3 is 3. The molecule has 1 atom stereocenters. The van der Waals surface area contributed by atoms with Gasteiger partial charge in [0.05, 0.1) is 32.3 Å². The molecule has 14 nitrogen and oxygen atoms in total. The van der Waals surface area contributed by atoms with E-state index < -0.39 is 6.04 Å². The Morgan fingerprint density at radius 3 is 2.32 bits per heavy atom. The number of pyridine rings is 2. The number of rotatable bonds is 10. The average molecular weight is 762 g/mol. The number of fused-ring (bicyclic) bond motifs is 2. The molecule has 0 saturated carbocycles. The molecule has 2 N–H and O–H groups in total. The van der Waals surface area contributed by atoms with E-state index in [1.807, 2.05) is 24.3 Å². The minimum absolute atomic E-state index is 0.123. The molecule has 14 heteroatoms. The van der Waals surface area contributed by atoms with E-state index in [0.717, 1.165) is 97.2 Å². The summed E-state index contributed by atoms with van der Waals surface area (Å²) in [5, 5.41) is 3.60. The first kappa shape index (κ1) is 36.2. The smallest absolute Gasteiger partial charge is 0.257 e. The van der Waals surface area contributed by atoms with Crippen LogP contribution in [0.15, 0.2) is 53.6 Å². The highest BCUT2D eigenvalue weighted by Gasteiger charge is 2.46. The summed E-state index contributed by atoms with van der Waals surface area (Å²) in [6.45, 7) is 8.42. The number of H-pyrrole nitrogens is 1. The number of nitrogens with one attached hydrogen (secondary N) is 2. The van der Waals surface area contributed by atoms with E-state index in [9.17, 15) is 19.2 Å². The van der Waals surface area contributed by atoms with Crippen LogP contribution in [0.4, 0.5) is 5.69 Å². The molecular weight excluding hydrogens is 715 g/mol. The van der Waals surface area contributed by atoms with Gasteiger partial charge in [0.25, 0.3) is 11.5 Å². The number of likely N-dealkylation sites (tertiary alicyclic amines) is 2. The number of nitrogens with zero attached hydrogens (tertiary/aromatic N) is 5. The summed E-state index contributed by atoms with van der Waals surface area (Å²) in [7, 11) is 4.91. The first-order valence-corrected chi connectivity index (χ1v) is 19.4. The van der Waals surface area contributed by atoms with Crippen LogP contribution in [0.25, 0.3) is 21.9 Å². The van der Waals surface area contributed by atoms with Crippen LogP contribution in [-0.2, 0) is 22.7 Å². The van der Waals surface area contributed by atoms with Gasteiger partial charge in [-0.25, -0.2) is 4.98 Å². The maximum absolute atomic E-state index is 13.4. The van der Waals surface area contributed by atoms with E-state index in [0.29, 0.717) is 41.1 Å². The number of piperidine rings is 2. The maximum Gasteiger partial charge on any atom is 0.257 e. The van der Waals surface area contributed by atoms with Gasteiger partial charge in [0.15, 0.2) is 0 Å². The number of aromatic nitrogens is 2. The third-order valence-electron chi connectivity index (χ3n) is 12.7. The Labute approximate surface area is 324 Å². The van der Waals surface area contributed by atoms with Crippen molar-refractivity contribution in [1.29, 1.82) is 0 Å². The zero-order valence-electron chi connectivity index (χ0n) is 32.1. The zero-order chi connectivity index (χ0) is 38.7. The molecule has 5 aliphatic rings. The van der Waals surface area contributed by atoms with Crippen molar-refractivity contribution in [3.8, 4) is 28.5 Å². The van der Waals surface area contributed by atoms with E-state index in [-0.39, 0.29) is 29.7 Å². The number of amides is 3. The normalized spacial score (nSPS) is 21.2. The van der Waals surface area contributed by atoms with Crippen LogP contribution in [0.3, 0.4) is 0 Å². The molecule has 4 fully saturated rings. The number of carbonyl (C=O) groups is 3. The minimum atomic E-state index is -0.595. The minimum Gasteiger partial charge on any atom is -0.496 e. The maximum atomic E-state index is 13.4. The van der Waals surface area contributed by atoms with Gasteiger partial charge in [-0.05, 0) is 73.7 Å². The summed E-state index contributed by atoms with van der Waals surface area (Å²) in [6, 6.07) is 11.3. The fourth-order valence-corrected chi connectivity index (χ4v) is 9.50. The second-order valence-electron chi connectivity index (χ2n) is 16.1. The lowest BCUT2D eigenvalue weighted by Gasteiger charge is -2.55. The van der Waals surface area contributed by atoms with Gasteiger partial charge < -0.3 is 33.9 Å². The molecule has 5 aliphatic heterocycles. The number of hydrogen-bond donors (Lipinski definition) is 2. The monoisotopic (exact) mass is 761 g/mol. The van der Waals surface area contributed by atoms with E-state index in [2.05, 4.69) is 36.1 Å². The van der Waals surface area contributed by atoms with Gasteiger partial charge in [-0.3, -0.25) is 29.4 Å². The highest BCUT2D eigenvalue weighted by atomic mass is 16.5. The van der Waals surface area contributed by atoms with Crippen LogP contribution in [0.1, 0.15) is 47.2 Å². The van der Waals surface area contributed by atoms with Crippen molar-refractivity contribution in [2.45, 2.75) is 44.8 Å². The van der Waals surface area contributed by atoms with Crippen molar-refractivity contribution >= 4 is 34.2 Å². The molecule has 3 amide bonds. The Morgan fingerprint density at radius 1 is 0.875 bits per heavy atom. The molecule has 1 unspecified atom stereocenters. The van der Waals surface area contributed by atoms with Crippen LogP contribution < -0.4 is 30.0 Å². The summed E-state index contributed by atoms with van der Waals surface area (Å²) in [6.07, 6.45) is 6.21. The second-order valence-corrected chi connectivity index (χ2v) is 16.1. The van der Waals surface area contributed by atoms with Gasteiger partial charge in [0, 0.05) is 98.3 Å². The number of ether oxygens (including phenoxy) is 3. The molecule has 2 aromatic heterocycles. The lowest BCUT2D eigenvalue weighted by atomic mass is 9.71. The highest BCUT2D eigenvalue weighted by Crippen LogP contribution is 2.44. The van der Waals surface area contributed by atoms with Crippen molar-refractivity contribution in [3.05, 3.63) is 75.8 Å². The molecule has 56 heavy (non-hydrogen) atoms. The number of anilines is 1. The molecule has 2 aromatic carbocycles. The average Bonchev–Trinajstić information content (AvgIpc) is 3.51. The van der Waals surface area contributed by atoms with E-state index in [1.165, 1.54) is 19.0 Å². The molecule has 0 aliphatic carbocycles.